The third kappa shape index (κ3) is 10.8. The molecule has 1 atom stereocenters. The summed E-state index contributed by atoms with van der Waals surface area (Å²) in [4.78, 5) is 16.6. The van der Waals surface area contributed by atoms with Crippen molar-refractivity contribution in [2.24, 2.45) is 13.0 Å². The van der Waals surface area contributed by atoms with Crippen molar-refractivity contribution in [3.05, 3.63) is 76.0 Å². The Morgan fingerprint density at radius 3 is 2.53 bits per heavy atom. The summed E-state index contributed by atoms with van der Waals surface area (Å²) in [6.07, 6.45) is 6.77. The summed E-state index contributed by atoms with van der Waals surface area (Å²) in [5.74, 6) is 0.445. The number of pyridine rings is 1. The van der Waals surface area contributed by atoms with E-state index in [4.69, 9.17) is 42.1 Å². The lowest BCUT2D eigenvalue weighted by atomic mass is 10.0. The van der Waals surface area contributed by atoms with Crippen molar-refractivity contribution in [1.82, 2.24) is 4.90 Å². The van der Waals surface area contributed by atoms with Crippen molar-refractivity contribution in [2.45, 2.75) is 36.9 Å². The molecule has 2 fully saturated rings. The molecule has 0 amide bonds. The molecular weight excluding hydrogens is 691 g/mol. The number of alkyl halides is 2. The van der Waals surface area contributed by atoms with Gasteiger partial charge in [-0.3, -0.25) is 4.90 Å². The predicted molar refractivity (Wildman–Crippen MR) is 182 cm³/mol. The highest BCUT2D eigenvalue weighted by Gasteiger charge is 2.27. The van der Waals surface area contributed by atoms with Gasteiger partial charge in [0.1, 0.15) is 23.2 Å². The molecule has 0 radical (unpaired) electrons. The first-order chi connectivity index (χ1) is 22.7. The first kappa shape index (κ1) is 35.8. The third-order valence-corrected chi connectivity index (χ3v) is 10.1. The fraction of sp³-hybridized carbons (Fsp3) is 0.455. The summed E-state index contributed by atoms with van der Waals surface area (Å²) in [6.45, 7) is 2.41. The average molecular weight is 730 g/mol. The average Bonchev–Trinajstić information content (AvgIpc) is 3.87. The van der Waals surface area contributed by atoms with Gasteiger partial charge in [-0.2, -0.15) is 8.78 Å². The van der Waals surface area contributed by atoms with E-state index in [1.54, 1.807) is 48.1 Å². The Balaban J connectivity index is 1.35. The Hall–Kier alpha value is -2.48. The topological polar surface area (TPSA) is 64.4 Å². The van der Waals surface area contributed by atoms with E-state index in [0.29, 0.717) is 38.6 Å². The minimum absolute atomic E-state index is 0.0876. The molecule has 14 heteroatoms. The predicted octanol–water partition coefficient (Wildman–Crippen LogP) is 7.84. The van der Waals surface area contributed by atoms with Gasteiger partial charge in [0.25, 0.3) is 0 Å². The molecule has 8 nitrogen and oxygen atoms in total. The lowest BCUT2D eigenvalue weighted by molar-refractivity contribution is -0.671. The van der Waals surface area contributed by atoms with E-state index in [2.05, 4.69) is 9.21 Å². The van der Waals surface area contributed by atoms with Crippen LogP contribution in [-0.4, -0.2) is 69.1 Å². The number of benzene rings is 2. The summed E-state index contributed by atoms with van der Waals surface area (Å²) in [6, 6.07) is 12.3. The standard InChI is InChI=1S/C33H38Cl2F2N3O5S2/c1-38-19-27(34)26(28(35)20-38)18-30(23-8-9-29(44-32(36)37)31(16-23)43-21-22-6-7-22)45-33(41)47-25-5-3-4-24(17-25)40(46-2)11-10-39-12-14-42-15-13-39/h3-5,8-9,16-17,19-20,22,30,32H,6-7,10-15,18,21H2,1-2H3/q+1. The molecule has 0 N–H and O–H groups in total. The van der Waals surface area contributed by atoms with E-state index in [-0.39, 0.29) is 17.9 Å². The highest BCUT2D eigenvalue weighted by Crippen LogP contribution is 2.39. The van der Waals surface area contributed by atoms with Crippen molar-refractivity contribution in [2.75, 3.05) is 56.6 Å². The highest BCUT2D eigenvalue weighted by atomic mass is 35.5. The van der Waals surface area contributed by atoms with E-state index >= 15 is 0 Å². The molecule has 1 saturated heterocycles. The number of carbonyl (C=O) groups excluding carboxylic acids is 1. The summed E-state index contributed by atoms with van der Waals surface area (Å²) in [5.41, 5.74) is 2.08. The smallest absolute Gasteiger partial charge is 0.387 e. The quantitative estimate of drug-likeness (QED) is 0.0674. The van der Waals surface area contributed by atoms with Crippen LogP contribution in [0.15, 0.2) is 59.8 Å². The van der Waals surface area contributed by atoms with Crippen LogP contribution in [0.2, 0.25) is 10.0 Å². The molecular formula is C33H38Cl2F2N3O5S2+. The SMILES string of the molecule is CSN(CCN1CCOCC1)c1cccc(SC(=O)OC(Cc2c(Cl)c[n+](C)cc2Cl)c2ccc(OC(F)F)c(OCC3CC3)c2)c1. The van der Waals surface area contributed by atoms with Crippen LogP contribution < -0.4 is 18.3 Å². The molecule has 1 aliphatic carbocycles. The van der Waals surface area contributed by atoms with Gasteiger partial charge in [-0.05, 0) is 66.4 Å². The van der Waals surface area contributed by atoms with Gasteiger partial charge in [0, 0.05) is 55.0 Å². The number of thioether (sulfide) groups is 1. The van der Waals surface area contributed by atoms with Crippen molar-refractivity contribution >= 4 is 57.9 Å². The Bertz CT molecular complexity index is 1490. The van der Waals surface area contributed by atoms with E-state index in [0.717, 1.165) is 69.7 Å². The number of aromatic nitrogens is 1. The second kappa shape index (κ2) is 17.3. The van der Waals surface area contributed by atoms with Gasteiger partial charge in [0.15, 0.2) is 23.9 Å². The number of aryl methyl sites for hydroxylation is 1. The number of halogens is 4. The second-order valence-corrected chi connectivity index (χ2v) is 14.0. The number of hydrogen-bond donors (Lipinski definition) is 0. The first-order valence-electron chi connectivity index (χ1n) is 15.3. The molecule has 3 aromatic rings. The van der Waals surface area contributed by atoms with Crippen LogP contribution in [0.4, 0.5) is 19.3 Å². The van der Waals surface area contributed by atoms with E-state index in [9.17, 15) is 13.6 Å². The van der Waals surface area contributed by atoms with Crippen LogP contribution in [0.3, 0.4) is 0 Å². The molecule has 1 unspecified atom stereocenters. The molecule has 2 aliphatic rings. The van der Waals surface area contributed by atoms with Crippen LogP contribution in [0, 0.1) is 5.92 Å². The van der Waals surface area contributed by atoms with Gasteiger partial charge in [-0.1, -0.05) is 47.3 Å². The third-order valence-electron chi connectivity index (χ3n) is 7.82. The van der Waals surface area contributed by atoms with Crippen molar-refractivity contribution in [3.63, 3.8) is 0 Å². The highest BCUT2D eigenvalue weighted by molar-refractivity contribution is 8.13. The molecule has 0 bridgehead atoms. The molecule has 2 aromatic carbocycles. The maximum Gasteiger partial charge on any atom is 0.387 e. The lowest BCUT2D eigenvalue weighted by Gasteiger charge is -2.30. The number of ether oxygens (including phenoxy) is 4. The maximum absolute atomic E-state index is 13.5. The van der Waals surface area contributed by atoms with Gasteiger partial charge in [-0.25, -0.2) is 9.36 Å². The Kier molecular flexibility index (Phi) is 13.2. The minimum Gasteiger partial charge on any atom is -0.489 e. The van der Waals surface area contributed by atoms with Gasteiger partial charge < -0.3 is 23.3 Å². The number of carbonyl (C=O) groups is 1. The summed E-state index contributed by atoms with van der Waals surface area (Å²) < 4.78 is 52.5. The maximum atomic E-state index is 13.5. The summed E-state index contributed by atoms with van der Waals surface area (Å²) in [7, 11) is 1.80. The number of hydrogen-bond acceptors (Lipinski definition) is 9. The van der Waals surface area contributed by atoms with E-state index < -0.39 is 18.0 Å². The van der Waals surface area contributed by atoms with Crippen LogP contribution >= 0.6 is 46.9 Å². The zero-order valence-corrected chi connectivity index (χ0v) is 29.4. The van der Waals surface area contributed by atoms with Crippen LogP contribution in [-0.2, 0) is 22.9 Å². The number of nitrogens with zero attached hydrogens (tertiary/aromatic N) is 3. The van der Waals surface area contributed by atoms with Crippen LogP contribution in [0.1, 0.15) is 30.1 Å². The zero-order chi connectivity index (χ0) is 33.3. The van der Waals surface area contributed by atoms with Gasteiger partial charge in [0.05, 0.1) is 19.8 Å². The molecule has 47 heavy (non-hydrogen) atoms. The Labute approximate surface area is 292 Å². The lowest BCUT2D eigenvalue weighted by Crippen LogP contribution is -2.40. The number of rotatable bonds is 15. The number of anilines is 1. The molecule has 1 aliphatic heterocycles. The second-order valence-electron chi connectivity index (χ2n) is 11.3. The fourth-order valence-corrected chi connectivity index (χ4v) is 7.10. The summed E-state index contributed by atoms with van der Waals surface area (Å²) >= 11 is 15.7. The zero-order valence-electron chi connectivity index (χ0n) is 26.2. The molecule has 0 spiro atoms. The fourth-order valence-electron chi connectivity index (χ4n) is 5.12. The van der Waals surface area contributed by atoms with Gasteiger partial charge in [0.2, 0.25) is 0 Å². The van der Waals surface area contributed by atoms with Gasteiger partial charge >= 0.3 is 11.9 Å². The summed E-state index contributed by atoms with van der Waals surface area (Å²) in [5, 5.41) is 0.259. The largest absolute Gasteiger partial charge is 0.489 e. The van der Waals surface area contributed by atoms with E-state index in [1.165, 1.54) is 6.07 Å². The molecule has 2 heterocycles. The van der Waals surface area contributed by atoms with Crippen molar-refractivity contribution in [3.8, 4) is 11.5 Å². The molecule has 5 rings (SSSR count). The van der Waals surface area contributed by atoms with Gasteiger partial charge in [-0.15, -0.1) is 0 Å². The van der Waals surface area contributed by atoms with Crippen molar-refractivity contribution < 1.29 is 37.1 Å². The van der Waals surface area contributed by atoms with Crippen LogP contribution in [0.25, 0.3) is 0 Å². The number of morpholine rings is 1. The Morgan fingerprint density at radius 2 is 1.85 bits per heavy atom. The normalized spacial score (nSPS) is 15.8. The van der Waals surface area contributed by atoms with Crippen LogP contribution in [0.5, 0.6) is 11.5 Å². The Morgan fingerprint density at radius 1 is 1.11 bits per heavy atom. The van der Waals surface area contributed by atoms with Crippen molar-refractivity contribution in [1.29, 1.82) is 0 Å². The molecule has 254 valence electrons. The monoisotopic (exact) mass is 728 g/mol. The first-order valence-corrected chi connectivity index (χ1v) is 18.1. The van der Waals surface area contributed by atoms with E-state index in [1.807, 2.05) is 30.5 Å². The minimum atomic E-state index is -3.02. The molecule has 1 aromatic heterocycles. The molecule has 1 saturated carbocycles.